The lowest BCUT2D eigenvalue weighted by molar-refractivity contribution is -0.293. The Kier molecular flexibility index (Phi) is 8.50. The van der Waals surface area contributed by atoms with Crippen LogP contribution in [0.1, 0.15) is 65.2 Å². The third-order valence-corrected chi connectivity index (χ3v) is 6.52. The van der Waals surface area contributed by atoms with E-state index in [1.807, 2.05) is 13.8 Å². The number of nitrogens with zero attached hydrogens (tertiary/aromatic N) is 2. The van der Waals surface area contributed by atoms with Gasteiger partial charge in [-0.25, -0.2) is 19.8 Å². The van der Waals surface area contributed by atoms with Crippen molar-refractivity contribution < 1.29 is 39.1 Å². The fraction of sp³-hybridized carbons (Fsp3) is 0.818. The van der Waals surface area contributed by atoms with Crippen LogP contribution in [0.25, 0.3) is 0 Å². The molecule has 0 radical (unpaired) electrons. The van der Waals surface area contributed by atoms with Crippen LogP contribution < -0.4 is 10.6 Å². The number of aliphatic hydroxyl groups excluding tert-OH is 2. The van der Waals surface area contributed by atoms with Crippen molar-refractivity contribution in [2.75, 3.05) is 26.3 Å². The minimum absolute atomic E-state index is 0.0281. The molecule has 3 fully saturated rings. The van der Waals surface area contributed by atoms with Crippen LogP contribution in [0.2, 0.25) is 0 Å². The van der Waals surface area contributed by atoms with Crippen LogP contribution in [0.4, 0.5) is 0 Å². The molecule has 4 N–H and O–H groups in total. The smallest absolute Gasteiger partial charge is 0.278 e. The topological polar surface area (TPSA) is 158 Å². The lowest BCUT2D eigenvalue weighted by atomic mass is 9.95. The number of carbonyl (C=O) groups is 4. The summed E-state index contributed by atoms with van der Waals surface area (Å²) < 4.78 is 0. The van der Waals surface area contributed by atoms with Crippen LogP contribution in [0.3, 0.4) is 0 Å². The van der Waals surface area contributed by atoms with Gasteiger partial charge in [-0.05, 0) is 37.5 Å². The number of piperazine rings is 1. The van der Waals surface area contributed by atoms with Gasteiger partial charge in [0.25, 0.3) is 11.8 Å². The van der Waals surface area contributed by atoms with Gasteiger partial charge in [0.1, 0.15) is 0 Å². The zero-order valence-electron chi connectivity index (χ0n) is 19.9. The quantitative estimate of drug-likeness (QED) is 0.361. The van der Waals surface area contributed by atoms with Gasteiger partial charge < -0.3 is 20.8 Å². The molecule has 2 spiro atoms. The Morgan fingerprint density at radius 2 is 1.24 bits per heavy atom. The lowest BCUT2D eigenvalue weighted by Crippen LogP contribution is -2.79. The summed E-state index contributed by atoms with van der Waals surface area (Å²) in [4.78, 5) is 63.1. The van der Waals surface area contributed by atoms with Gasteiger partial charge in [-0.2, -0.15) is 0 Å². The van der Waals surface area contributed by atoms with E-state index in [0.717, 1.165) is 10.1 Å². The summed E-state index contributed by atoms with van der Waals surface area (Å²) in [7, 11) is 0. The molecule has 0 aliphatic carbocycles. The van der Waals surface area contributed by atoms with Crippen LogP contribution >= 0.6 is 0 Å². The predicted molar refractivity (Wildman–Crippen MR) is 117 cm³/mol. The highest BCUT2D eigenvalue weighted by atomic mass is 16.7. The minimum Gasteiger partial charge on any atom is -0.396 e. The number of hydroxylamine groups is 4. The van der Waals surface area contributed by atoms with E-state index in [-0.39, 0.29) is 75.6 Å². The van der Waals surface area contributed by atoms with Crippen molar-refractivity contribution in [3.05, 3.63) is 0 Å². The standard InChI is InChI=1S/C22H36N4O8/c1-15(5-11-27)13-17(29)25-9-3-7-21(33-25)19(31)24-22(20(32)23-21)8-4-10-26(34-22)18(30)14-16(2)6-12-28/h15-16,27-28H,3-14H2,1-2H3,(H,23,32)(H,24,31)/t15?,16?,21-,22?/m1/s1. The molecule has 3 rings (SSSR count). The Morgan fingerprint density at radius 3 is 1.59 bits per heavy atom. The first-order valence-corrected chi connectivity index (χ1v) is 12.0. The summed E-state index contributed by atoms with van der Waals surface area (Å²) in [5, 5.41) is 25.6. The van der Waals surface area contributed by atoms with Crippen LogP contribution in [-0.4, -0.2) is 81.7 Å². The zero-order chi connectivity index (χ0) is 24.9. The molecule has 0 aromatic heterocycles. The number of nitrogens with one attached hydrogen (secondary N) is 2. The predicted octanol–water partition coefficient (Wildman–Crippen LogP) is -0.450. The molecule has 34 heavy (non-hydrogen) atoms. The molecule has 4 atom stereocenters. The molecule has 3 aliphatic heterocycles. The van der Waals surface area contributed by atoms with Crippen molar-refractivity contribution in [3.63, 3.8) is 0 Å². The van der Waals surface area contributed by atoms with E-state index in [1.54, 1.807) is 0 Å². The van der Waals surface area contributed by atoms with Crippen molar-refractivity contribution in [2.45, 2.75) is 76.7 Å². The summed E-state index contributed by atoms with van der Waals surface area (Å²) in [5.74, 6) is -2.06. The van der Waals surface area contributed by atoms with Gasteiger partial charge in [-0.1, -0.05) is 13.8 Å². The second-order valence-electron chi connectivity index (χ2n) is 9.59. The second-order valence-corrected chi connectivity index (χ2v) is 9.59. The van der Waals surface area contributed by atoms with Gasteiger partial charge in [0.05, 0.1) is 0 Å². The summed E-state index contributed by atoms with van der Waals surface area (Å²) >= 11 is 0. The maximum Gasteiger partial charge on any atom is 0.278 e. The van der Waals surface area contributed by atoms with Crippen molar-refractivity contribution in [1.29, 1.82) is 0 Å². The first kappa shape index (κ1) is 26.3. The molecular weight excluding hydrogens is 448 g/mol. The van der Waals surface area contributed by atoms with Crippen LogP contribution in [0.5, 0.6) is 0 Å². The molecule has 4 amide bonds. The summed E-state index contributed by atoms with van der Waals surface area (Å²) in [5.41, 5.74) is -3.47. The van der Waals surface area contributed by atoms with Gasteiger partial charge in [-0.3, -0.25) is 19.2 Å². The van der Waals surface area contributed by atoms with Gasteiger partial charge in [0, 0.05) is 52.0 Å². The third kappa shape index (κ3) is 5.68. The molecule has 192 valence electrons. The maximum absolute atomic E-state index is 13.2. The molecule has 12 nitrogen and oxygen atoms in total. The van der Waals surface area contributed by atoms with E-state index in [1.165, 1.54) is 0 Å². The molecule has 3 unspecified atom stereocenters. The van der Waals surface area contributed by atoms with Crippen LogP contribution in [-0.2, 0) is 28.9 Å². The Morgan fingerprint density at radius 1 is 0.853 bits per heavy atom. The summed E-state index contributed by atoms with van der Waals surface area (Å²) in [6, 6.07) is 0. The molecule has 3 saturated heterocycles. The zero-order valence-corrected chi connectivity index (χ0v) is 19.9. The summed E-state index contributed by atoms with van der Waals surface area (Å²) in [6.07, 6.45) is 2.46. The average Bonchev–Trinajstić information content (AvgIpc) is 2.78. The van der Waals surface area contributed by atoms with Gasteiger partial charge >= 0.3 is 0 Å². The molecule has 12 heteroatoms. The van der Waals surface area contributed by atoms with Gasteiger partial charge in [-0.15, -0.1) is 0 Å². The van der Waals surface area contributed by atoms with Crippen molar-refractivity contribution in [1.82, 2.24) is 20.8 Å². The fourth-order valence-corrected chi connectivity index (χ4v) is 4.46. The Bertz CT molecular complexity index is 731. The number of carbonyl (C=O) groups excluding carboxylic acids is 4. The minimum atomic E-state index is -1.73. The number of aliphatic hydroxyl groups is 2. The second kappa shape index (κ2) is 11.0. The number of hydrogen-bond acceptors (Lipinski definition) is 8. The van der Waals surface area contributed by atoms with E-state index in [9.17, 15) is 19.2 Å². The highest BCUT2D eigenvalue weighted by Crippen LogP contribution is 2.33. The Hall–Kier alpha value is -2.28. The normalized spacial score (nSPS) is 29.1. The fourth-order valence-electron chi connectivity index (χ4n) is 4.46. The van der Waals surface area contributed by atoms with Crippen molar-refractivity contribution in [2.24, 2.45) is 11.8 Å². The molecule has 0 bridgehead atoms. The molecule has 0 aromatic carbocycles. The number of amides is 4. The first-order chi connectivity index (χ1) is 16.1. The van der Waals surface area contributed by atoms with E-state index in [2.05, 4.69) is 10.6 Å². The maximum atomic E-state index is 13.2. The summed E-state index contributed by atoms with van der Waals surface area (Å²) in [6.45, 7) is 4.19. The molecule has 0 aromatic rings. The Balaban J connectivity index is 1.67. The van der Waals surface area contributed by atoms with E-state index >= 15 is 0 Å². The van der Waals surface area contributed by atoms with Crippen molar-refractivity contribution >= 4 is 23.6 Å². The number of rotatable bonds is 8. The molecular formula is C22H36N4O8. The monoisotopic (exact) mass is 484 g/mol. The van der Waals surface area contributed by atoms with E-state index < -0.39 is 23.3 Å². The highest BCUT2D eigenvalue weighted by molar-refractivity contribution is 6.01. The van der Waals surface area contributed by atoms with E-state index in [4.69, 9.17) is 19.9 Å². The molecule has 3 aliphatic rings. The number of hydrogen-bond donors (Lipinski definition) is 4. The lowest BCUT2D eigenvalue weighted by Gasteiger charge is -2.50. The SMILES string of the molecule is CC(CCO)CC(=O)N1CCCC2(NC(=O)[C@]3(CCCN(C(=O)CC(C)CCO)O3)NC2=O)O1. The average molecular weight is 485 g/mol. The highest BCUT2D eigenvalue weighted by Gasteiger charge is 2.59. The first-order valence-electron chi connectivity index (χ1n) is 12.0. The van der Waals surface area contributed by atoms with Gasteiger partial charge in [0.15, 0.2) is 0 Å². The van der Waals surface area contributed by atoms with Crippen molar-refractivity contribution in [3.8, 4) is 0 Å². The van der Waals surface area contributed by atoms with Crippen LogP contribution in [0, 0.1) is 11.8 Å². The van der Waals surface area contributed by atoms with Crippen LogP contribution in [0.15, 0.2) is 0 Å². The molecule has 0 saturated carbocycles. The molecule has 3 heterocycles. The van der Waals surface area contributed by atoms with Gasteiger partial charge in [0.2, 0.25) is 23.3 Å². The third-order valence-electron chi connectivity index (χ3n) is 6.52. The van der Waals surface area contributed by atoms with E-state index in [0.29, 0.717) is 25.7 Å². The Labute approximate surface area is 198 Å². The largest absolute Gasteiger partial charge is 0.396 e.